The Morgan fingerprint density at radius 1 is 0.839 bits per heavy atom. The summed E-state index contributed by atoms with van der Waals surface area (Å²) in [4.78, 5) is 25.8. The standard InChI is InChI=1S/C25H32O6/c1-9-18-16(6)21(13(3)11-20(18)26)25(28)31-23-15(5)14(4)22(17(7)19(23)10-2)24(27)30-12-29-8/h11,26H,9-10,12H2,1-8H3. The summed E-state index contributed by atoms with van der Waals surface area (Å²) < 4.78 is 15.9. The van der Waals surface area contributed by atoms with E-state index in [2.05, 4.69) is 0 Å². The quantitative estimate of drug-likeness (QED) is 0.378. The molecule has 0 saturated carbocycles. The second-order valence-corrected chi connectivity index (χ2v) is 7.68. The average Bonchev–Trinajstić information content (AvgIpc) is 2.70. The third-order valence-corrected chi connectivity index (χ3v) is 5.88. The van der Waals surface area contributed by atoms with Crippen molar-refractivity contribution in [3.63, 3.8) is 0 Å². The lowest BCUT2D eigenvalue weighted by molar-refractivity contribution is -0.0126. The van der Waals surface area contributed by atoms with Crippen molar-refractivity contribution in [1.82, 2.24) is 0 Å². The van der Waals surface area contributed by atoms with Crippen molar-refractivity contribution in [2.45, 2.75) is 61.3 Å². The Hall–Kier alpha value is -2.86. The van der Waals surface area contributed by atoms with Gasteiger partial charge in [0.1, 0.15) is 11.5 Å². The molecule has 31 heavy (non-hydrogen) atoms. The average molecular weight is 429 g/mol. The fraction of sp³-hybridized carbons (Fsp3) is 0.440. The molecule has 168 valence electrons. The summed E-state index contributed by atoms with van der Waals surface area (Å²) in [6.45, 7) is 12.8. The van der Waals surface area contributed by atoms with E-state index in [9.17, 15) is 14.7 Å². The van der Waals surface area contributed by atoms with Crippen LogP contribution < -0.4 is 4.74 Å². The van der Waals surface area contributed by atoms with E-state index in [-0.39, 0.29) is 12.5 Å². The topological polar surface area (TPSA) is 82.1 Å². The Kier molecular flexibility index (Phi) is 7.85. The molecule has 0 aliphatic carbocycles. The third-order valence-electron chi connectivity index (χ3n) is 5.88. The van der Waals surface area contributed by atoms with Crippen molar-refractivity contribution in [3.8, 4) is 11.5 Å². The van der Waals surface area contributed by atoms with E-state index < -0.39 is 11.9 Å². The first-order chi connectivity index (χ1) is 14.6. The number of methoxy groups -OCH3 is 1. The number of esters is 2. The lowest BCUT2D eigenvalue weighted by Crippen LogP contribution is -2.18. The van der Waals surface area contributed by atoms with Crippen LogP contribution >= 0.6 is 0 Å². The summed E-state index contributed by atoms with van der Waals surface area (Å²) in [7, 11) is 1.45. The summed E-state index contributed by atoms with van der Waals surface area (Å²) >= 11 is 0. The molecule has 2 rings (SSSR count). The number of carbonyl (C=O) groups is 2. The van der Waals surface area contributed by atoms with Gasteiger partial charge in [-0.15, -0.1) is 0 Å². The molecule has 6 nitrogen and oxygen atoms in total. The van der Waals surface area contributed by atoms with E-state index in [4.69, 9.17) is 14.2 Å². The number of hydrogen-bond donors (Lipinski definition) is 1. The van der Waals surface area contributed by atoms with Gasteiger partial charge in [0.25, 0.3) is 0 Å². The van der Waals surface area contributed by atoms with Gasteiger partial charge in [0.05, 0.1) is 11.1 Å². The largest absolute Gasteiger partial charge is 0.508 e. The molecule has 0 aromatic heterocycles. The number of rotatable bonds is 7. The number of benzene rings is 2. The van der Waals surface area contributed by atoms with Crippen molar-refractivity contribution in [3.05, 3.63) is 56.1 Å². The second kappa shape index (κ2) is 9.96. The fourth-order valence-corrected chi connectivity index (χ4v) is 4.15. The molecule has 0 fully saturated rings. The molecular formula is C25H32O6. The molecular weight excluding hydrogens is 396 g/mol. The van der Waals surface area contributed by atoms with Crippen LogP contribution in [0.4, 0.5) is 0 Å². The number of phenolic OH excluding ortho intramolecular Hbond substituents is 1. The Morgan fingerprint density at radius 2 is 1.42 bits per heavy atom. The van der Waals surface area contributed by atoms with E-state index in [1.54, 1.807) is 13.0 Å². The second-order valence-electron chi connectivity index (χ2n) is 7.68. The molecule has 1 N–H and O–H groups in total. The van der Waals surface area contributed by atoms with E-state index in [0.29, 0.717) is 52.0 Å². The molecule has 0 radical (unpaired) electrons. The maximum atomic E-state index is 13.2. The molecule has 0 aliphatic heterocycles. The van der Waals surface area contributed by atoms with Crippen LogP contribution in [0.15, 0.2) is 6.07 Å². The van der Waals surface area contributed by atoms with Crippen LogP contribution in [0.5, 0.6) is 11.5 Å². The van der Waals surface area contributed by atoms with E-state index in [1.165, 1.54) is 7.11 Å². The highest BCUT2D eigenvalue weighted by molar-refractivity contribution is 5.97. The SMILES string of the molecule is CCc1c(O)cc(C)c(C(=O)Oc2c(C)c(C)c(C(=O)OCOC)c(C)c2CC)c1C. The first-order valence-corrected chi connectivity index (χ1v) is 10.4. The molecule has 0 heterocycles. The van der Waals surface area contributed by atoms with Crippen LogP contribution in [0.2, 0.25) is 0 Å². The van der Waals surface area contributed by atoms with Gasteiger partial charge < -0.3 is 19.3 Å². The molecule has 2 aromatic rings. The van der Waals surface area contributed by atoms with Gasteiger partial charge in [-0.3, -0.25) is 0 Å². The van der Waals surface area contributed by atoms with Crippen LogP contribution in [0.3, 0.4) is 0 Å². The van der Waals surface area contributed by atoms with Crippen molar-refractivity contribution in [2.24, 2.45) is 0 Å². The molecule has 0 aliphatic rings. The summed E-state index contributed by atoms with van der Waals surface area (Å²) in [6, 6.07) is 1.60. The Balaban J connectivity index is 2.59. The maximum Gasteiger partial charge on any atom is 0.344 e. The van der Waals surface area contributed by atoms with Crippen LogP contribution in [0, 0.1) is 34.6 Å². The Morgan fingerprint density at radius 3 is 1.97 bits per heavy atom. The zero-order valence-electron chi connectivity index (χ0n) is 19.7. The third kappa shape index (κ3) is 4.59. The predicted octanol–water partition coefficient (Wildman–Crippen LogP) is 5.04. The highest BCUT2D eigenvalue weighted by atomic mass is 16.7. The summed E-state index contributed by atoms with van der Waals surface area (Å²) in [5, 5.41) is 10.2. The number of carbonyl (C=O) groups excluding carboxylic acids is 2. The highest BCUT2D eigenvalue weighted by Gasteiger charge is 2.26. The fourth-order valence-electron chi connectivity index (χ4n) is 4.15. The lowest BCUT2D eigenvalue weighted by Gasteiger charge is -2.21. The number of ether oxygens (including phenoxy) is 3. The van der Waals surface area contributed by atoms with Gasteiger partial charge in [-0.25, -0.2) is 9.59 Å². The molecule has 0 bridgehead atoms. The monoisotopic (exact) mass is 428 g/mol. The van der Waals surface area contributed by atoms with Gasteiger partial charge in [0, 0.05) is 7.11 Å². The Bertz CT molecular complexity index is 1020. The van der Waals surface area contributed by atoms with Gasteiger partial charge in [-0.1, -0.05) is 13.8 Å². The molecule has 0 unspecified atom stereocenters. The van der Waals surface area contributed by atoms with Crippen LogP contribution in [0.1, 0.15) is 73.5 Å². The van der Waals surface area contributed by atoms with Gasteiger partial charge in [-0.05, 0) is 92.5 Å². The number of hydrogen-bond acceptors (Lipinski definition) is 6. The molecule has 6 heteroatoms. The highest BCUT2D eigenvalue weighted by Crippen LogP contribution is 2.36. The normalized spacial score (nSPS) is 10.8. The smallest absolute Gasteiger partial charge is 0.344 e. The zero-order chi connectivity index (χ0) is 23.5. The number of aromatic hydroxyl groups is 1. The van der Waals surface area contributed by atoms with Crippen molar-refractivity contribution < 1.29 is 28.9 Å². The van der Waals surface area contributed by atoms with Gasteiger partial charge in [0.15, 0.2) is 6.79 Å². The minimum absolute atomic E-state index is 0.131. The van der Waals surface area contributed by atoms with Gasteiger partial charge >= 0.3 is 11.9 Å². The predicted molar refractivity (Wildman–Crippen MR) is 119 cm³/mol. The van der Waals surface area contributed by atoms with E-state index in [0.717, 1.165) is 16.7 Å². The van der Waals surface area contributed by atoms with Crippen molar-refractivity contribution >= 4 is 11.9 Å². The van der Waals surface area contributed by atoms with E-state index >= 15 is 0 Å². The number of aryl methyl sites for hydroxylation is 1. The minimum atomic E-state index is -0.476. The molecule has 0 spiro atoms. The van der Waals surface area contributed by atoms with Crippen LogP contribution in [-0.2, 0) is 22.3 Å². The first kappa shape index (κ1) is 24.4. The van der Waals surface area contributed by atoms with E-state index in [1.807, 2.05) is 41.5 Å². The summed E-state index contributed by atoms with van der Waals surface area (Å²) in [6.07, 6.45) is 1.18. The Labute approximate surface area is 184 Å². The van der Waals surface area contributed by atoms with Crippen molar-refractivity contribution in [1.29, 1.82) is 0 Å². The van der Waals surface area contributed by atoms with Gasteiger partial charge in [0.2, 0.25) is 0 Å². The first-order valence-electron chi connectivity index (χ1n) is 10.4. The molecule has 0 amide bonds. The lowest BCUT2D eigenvalue weighted by atomic mass is 9.91. The van der Waals surface area contributed by atoms with Crippen LogP contribution in [-0.4, -0.2) is 30.9 Å². The maximum absolute atomic E-state index is 13.2. The summed E-state index contributed by atoms with van der Waals surface area (Å²) in [5.41, 5.74) is 5.94. The van der Waals surface area contributed by atoms with Crippen molar-refractivity contribution in [2.75, 3.05) is 13.9 Å². The number of phenols is 1. The molecule has 2 aromatic carbocycles. The zero-order valence-corrected chi connectivity index (χ0v) is 19.7. The summed E-state index contributed by atoms with van der Waals surface area (Å²) in [5.74, 6) is -0.290. The van der Waals surface area contributed by atoms with Crippen LogP contribution in [0.25, 0.3) is 0 Å². The molecule has 0 atom stereocenters. The van der Waals surface area contributed by atoms with Gasteiger partial charge in [-0.2, -0.15) is 0 Å². The molecule has 0 saturated heterocycles. The minimum Gasteiger partial charge on any atom is -0.508 e.